The van der Waals surface area contributed by atoms with E-state index in [0.29, 0.717) is 6.42 Å². The van der Waals surface area contributed by atoms with Crippen LogP contribution in [0.25, 0.3) is 0 Å². The van der Waals surface area contributed by atoms with Crippen LogP contribution < -0.4 is 0 Å². The third-order valence-electron chi connectivity index (χ3n) is 3.70. The molecule has 1 saturated heterocycles. The molecular formula is C12H24N2O6S. The minimum atomic E-state index is -3.71. The first-order valence-corrected chi connectivity index (χ1v) is 8.14. The van der Waals surface area contributed by atoms with Crippen LogP contribution in [0.4, 0.5) is 0 Å². The van der Waals surface area contributed by atoms with Crippen molar-refractivity contribution in [1.29, 1.82) is 0 Å². The fourth-order valence-corrected chi connectivity index (χ4v) is 3.89. The zero-order valence-electron chi connectivity index (χ0n) is 12.7. The third kappa shape index (κ3) is 4.36. The summed E-state index contributed by atoms with van der Waals surface area (Å²) in [7, 11) is -0.710. The molecule has 0 aliphatic carbocycles. The van der Waals surface area contributed by atoms with E-state index in [2.05, 4.69) is 0 Å². The number of hydrogen-bond acceptors (Lipinski definition) is 5. The Bertz CT molecular complexity index is 447. The van der Waals surface area contributed by atoms with Gasteiger partial charge in [0.25, 0.3) is 10.2 Å². The Morgan fingerprint density at radius 1 is 1.29 bits per heavy atom. The van der Waals surface area contributed by atoms with Crippen molar-refractivity contribution in [3.63, 3.8) is 0 Å². The summed E-state index contributed by atoms with van der Waals surface area (Å²) in [6, 6.07) is 0. The van der Waals surface area contributed by atoms with Gasteiger partial charge in [-0.15, -0.1) is 0 Å². The monoisotopic (exact) mass is 324 g/mol. The van der Waals surface area contributed by atoms with E-state index in [9.17, 15) is 18.3 Å². The van der Waals surface area contributed by atoms with Crippen LogP contribution >= 0.6 is 0 Å². The summed E-state index contributed by atoms with van der Waals surface area (Å²) < 4.78 is 37.6. The minimum Gasteiger partial charge on any atom is -0.481 e. The number of carboxylic acid groups (broad SMARTS) is 1. The van der Waals surface area contributed by atoms with E-state index in [1.165, 1.54) is 22.8 Å². The maximum atomic E-state index is 12.6. The molecule has 0 aromatic carbocycles. The van der Waals surface area contributed by atoms with E-state index in [4.69, 9.17) is 9.47 Å². The minimum absolute atomic E-state index is 0.0128. The lowest BCUT2D eigenvalue weighted by atomic mass is 9.90. The molecule has 0 aromatic rings. The highest BCUT2D eigenvalue weighted by Crippen LogP contribution is 2.32. The Labute approximate surface area is 125 Å². The summed E-state index contributed by atoms with van der Waals surface area (Å²) >= 11 is 0. The first kappa shape index (κ1) is 18.3. The molecule has 0 radical (unpaired) electrons. The molecule has 21 heavy (non-hydrogen) atoms. The van der Waals surface area contributed by atoms with Gasteiger partial charge in [-0.25, -0.2) is 0 Å². The van der Waals surface area contributed by atoms with Crippen molar-refractivity contribution in [2.24, 2.45) is 5.41 Å². The molecule has 1 heterocycles. The van der Waals surface area contributed by atoms with Crippen molar-refractivity contribution in [3.8, 4) is 0 Å². The third-order valence-corrected chi connectivity index (χ3v) is 5.68. The van der Waals surface area contributed by atoms with E-state index in [1.807, 2.05) is 0 Å². The largest absolute Gasteiger partial charge is 0.481 e. The molecule has 1 aliphatic rings. The number of hydrogen-bond donors (Lipinski definition) is 1. The van der Waals surface area contributed by atoms with Gasteiger partial charge in [0.05, 0.1) is 18.6 Å². The highest BCUT2D eigenvalue weighted by Gasteiger charge is 2.45. The lowest BCUT2D eigenvalue weighted by Crippen LogP contribution is -2.46. The Morgan fingerprint density at radius 2 is 1.81 bits per heavy atom. The van der Waals surface area contributed by atoms with Crippen molar-refractivity contribution in [1.82, 2.24) is 8.61 Å². The number of nitrogens with zero attached hydrogens (tertiary/aromatic N) is 2. The van der Waals surface area contributed by atoms with Crippen LogP contribution in [0.2, 0.25) is 0 Å². The first-order chi connectivity index (χ1) is 9.78. The molecule has 124 valence electrons. The summed E-state index contributed by atoms with van der Waals surface area (Å²) in [4.78, 5) is 11.2. The van der Waals surface area contributed by atoms with Crippen molar-refractivity contribution >= 4 is 16.2 Å². The highest BCUT2D eigenvalue weighted by atomic mass is 32.2. The predicted octanol–water partition coefficient (Wildman–Crippen LogP) is -0.377. The number of ether oxygens (including phenoxy) is 2. The van der Waals surface area contributed by atoms with Gasteiger partial charge < -0.3 is 14.6 Å². The Kier molecular flexibility index (Phi) is 6.54. The van der Waals surface area contributed by atoms with Gasteiger partial charge in [-0.3, -0.25) is 4.79 Å². The molecule has 0 bridgehead atoms. The number of methoxy groups -OCH3 is 2. The quantitative estimate of drug-likeness (QED) is 0.621. The summed E-state index contributed by atoms with van der Waals surface area (Å²) in [6.45, 7) is 2.73. The van der Waals surface area contributed by atoms with Crippen molar-refractivity contribution in [3.05, 3.63) is 0 Å². The second kappa shape index (κ2) is 7.50. The van der Waals surface area contributed by atoms with Crippen LogP contribution in [0.15, 0.2) is 0 Å². The van der Waals surface area contributed by atoms with Gasteiger partial charge in [-0.2, -0.15) is 17.0 Å². The van der Waals surface area contributed by atoms with Gasteiger partial charge in [0.15, 0.2) is 0 Å². The van der Waals surface area contributed by atoms with Gasteiger partial charge in [-0.1, -0.05) is 0 Å². The number of rotatable bonds is 9. The van der Waals surface area contributed by atoms with Crippen LogP contribution in [0.5, 0.6) is 0 Å². The SMILES string of the molecule is COCCN(CCOC)S(=O)(=O)N1CCC(C)(C(=O)O)C1. The number of carboxylic acids is 1. The van der Waals surface area contributed by atoms with Crippen LogP contribution in [0, 0.1) is 5.41 Å². The van der Waals surface area contributed by atoms with Crippen molar-refractivity contribution < 1.29 is 27.8 Å². The molecule has 0 aromatic heterocycles. The molecule has 0 amide bonds. The smallest absolute Gasteiger partial charge is 0.310 e. The van der Waals surface area contributed by atoms with Crippen LogP contribution in [0.1, 0.15) is 13.3 Å². The zero-order valence-corrected chi connectivity index (χ0v) is 13.6. The van der Waals surface area contributed by atoms with Gasteiger partial charge in [0.2, 0.25) is 0 Å². The maximum Gasteiger partial charge on any atom is 0.310 e. The van der Waals surface area contributed by atoms with Crippen molar-refractivity contribution in [2.45, 2.75) is 13.3 Å². The molecular weight excluding hydrogens is 300 g/mol. The fraction of sp³-hybridized carbons (Fsp3) is 0.917. The molecule has 1 fully saturated rings. The zero-order chi connectivity index (χ0) is 16.1. The predicted molar refractivity (Wildman–Crippen MR) is 76.2 cm³/mol. The lowest BCUT2D eigenvalue weighted by Gasteiger charge is -2.27. The average Bonchev–Trinajstić information content (AvgIpc) is 2.83. The molecule has 1 unspecified atom stereocenters. The van der Waals surface area contributed by atoms with Crippen LogP contribution in [0.3, 0.4) is 0 Å². The summed E-state index contributed by atoms with van der Waals surface area (Å²) in [5, 5.41) is 9.20. The summed E-state index contributed by atoms with van der Waals surface area (Å²) in [5.74, 6) is -0.972. The summed E-state index contributed by atoms with van der Waals surface area (Å²) in [6.07, 6.45) is 0.309. The fourth-order valence-electron chi connectivity index (χ4n) is 2.18. The van der Waals surface area contributed by atoms with E-state index in [-0.39, 0.29) is 39.4 Å². The molecule has 8 nitrogen and oxygen atoms in total. The molecule has 9 heteroatoms. The number of aliphatic carboxylic acids is 1. The van der Waals surface area contributed by atoms with Crippen LogP contribution in [-0.4, -0.2) is 81.7 Å². The average molecular weight is 324 g/mol. The van der Waals surface area contributed by atoms with Gasteiger partial charge in [-0.05, 0) is 13.3 Å². The lowest BCUT2D eigenvalue weighted by molar-refractivity contribution is -0.146. The normalized spacial score (nSPS) is 23.8. The van der Waals surface area contributed by atoms with Gasteiger partial charge in [0.1, 0.15) is 0 Å². The second-order valence-electron chi connectivity index (χ2n) is 5.34. The Balaban J connectivity index is 2.83. The summed E-state index contributed by atoms with van der Waals surface area (Å²) in [5.41, 5.74) is -1.03. The maximum absolute atomic E-state index is 12.6. The molecule has 1 N–H and O–H groups in total. The highest BCUT2D eigenvalue weighted by molar-refractivity contribution is 7.86. The molecule has 1 aliphatic heterocycles. The van der Waals surface area contributed by atoms with E-state index in [1.54, 1.807) is 6.92 Å². The topological polar surface area (TPSA) is 96.4 Å². The Morgan fingerprint density at radius 3 is 2.19 bits per heavy atom. The molecule has 0 spiro atoms. The second-order valence-corrected chi connectivity index (χ2v) is 7.27. The molecule has 1 rings (SSSR count). The molecule has 1 atom stereocenters. The van der Waals surface area contributed by atoms with E-state index >= 15 is 0 Å². The number of carbonyl (C=O) groups is 1. The van der Waals surface area contributed by atoms with E-state index in [0.717, 1.165) is 0 Å². The van der Waals surface area contributed by atoms with Crippen molar-refractivity contribution in [2.75, 3.05) is 53.6 Å². The van der Waals surface area contributed by atoms with E-state index < -0.39 is 21.6 Å². The molecule has 0 saturated carbocycles. The van der Waals surface area contributed by atoms with Gasteiger partial charge in [0, 0.05) is 40.4 Å². The van der Waals surface area contributed by atoms with Gasteiger partial charge >= 0.3 is 5.97 Å². The first-order valence-electron chi connectivity index (χ1n) is 6.74. The Hall–Kier alpha value is -0.740. The van der Waals surface area contributed by atoms with Crippen LogP contribution in [-0.2, 0) is 24.5 Å². The standard InChI is InChI=1S/C12H24N2O6S/c1-12(11(15)16)4-5-14(10-12)21(17,18)13(6-8-19-2)7-9-20-3/h4-10H2,1-3H3,(H,15,16).